The molecule has 3 N–H and O–H groups in total. The van der Waals surface area contributed by atoms with Gasteiger partial charge in [-0.25, -0.2) is 4.98 Å². The van der Waals surface area contributed by atoms with Crippen LogP contribution in [0.25, 0.3) is 0 Å². The third-order valence-electron chi connectivity index (χ3n) is 3.27. The molecule has 2 rings (SSSR count). The number of ether oxygens (including phenoxy) is 1. The molecular formula is C16H21N3O3. The number of nitrogens with zero attached hydrogens (tertiary/aromatic N) is 2. The lowest BCUT2D eigenvalue weighted by molar-refractivity contribution is -0.138. The molecule has 0 amide bonds. The monoisotopic (exact) mass is 303 g/mol. The van der Waals surface area contributed by atoms with Crippen LogP contribution in [-0.2, 0) is 17.8 Å². The highest BCUT2D eigenvalue weighted by Gasteiger charge is 2.14. The van der Waals surface area contributed by atoms with Crippen LogP contribution in [0.3, 0.4) is 0 Å². The van der Waals surface area contributed by atoms with Crippen LogP contribution in [0.5, 0.6) is 5.75 Å². The van der Waals surface area contributed by atoms with Crippen LogP contribution in [0.15, 0.2) is 36.9 Å². The largest absolute Gasteiger partial charge is 0.493 e. The van der Waals surface area contributed by atoms with Crippen molar-refractivity contribution in [2.75, 3.05) is 6.61 Å². The first-order valence-corrected chi connectivity index (χ1v) is 7.29. The van der Waals surface area contributed by atoms with E-state index < -0.39 is 12.0 Å². The zero-order valence-electron chi connectivity index (χ0n) is 12.6. The van der Waals surface area contributed by atoms with Crippen molar-refractivity contribution >= 4 is 5.97 Å². The Morgan fingerprint density at radius 1 is 1.50 bits per heavy atom. The molecule has 0 radical (unpaired) electrons. The standard InChI is InChI=1S/C16H21N3O3/c1-2-7-22-15-4-3-12(9-14(17)16(20)21)8-13(15)10-19-6-5-18-11-19/h3-6,8,11,14H,2,7,9-10,17H2,1H3,(H,20,21). The number of carbonyl (C=O) groups is 1. The molecular weight excluding hydrogens is 282 g/mol. The molecule has 6 heteroatoms. The van der Waals surface area contributed by atoms with Gasteiger partial charge in [-0.3, -0.25) is 4.79 Å². The number of aromatic nitrogens is 2. The van der Waals surface area contributed by atoms with E-state index in [1.165, 1.54) is 0 Å². The molecule has 1 aromatic carbocycles. The van der Waals surface area contributed by atoms with Gasteiger partial charge in [-0.05, 0) is 24.5 Å². The van der Waals surface area contributed by atoms with Gasteiger partial charge in [0.1, 0.15) is 11.8 Å². The van der Waals surface area contributed by atoms with Gasteiger partial charge in [-0.15, -0.1) is 0 Å². The lowest BCUT2D eigenvalue weighted by atomic mass is 10.0. The number of hydrogen-bond donors (Lipinski definition) is 2. The van der Waals surface area contributed by atoms with Crippen LogP contribution < -0.4 is 10.5 Å². The zero-order valence-corrected chi connectivity index (χ0v) is 12.6. The molecule has 1 heterocycles. The molecule has 1 unspecified atom stereocenters. The Bertz CT molecular complexity index is 611. The van der Waals surface area contributed by atoms with Crippen LogP contribution in [0.1, 0.15) is 24.5 Å². The van der Waals surface area contributed by atoms with Crippen LogP contribution >= 0.6 is 0 Å². The fourth-order valence-electron chi connectivity index (χ4n) is 2.15. The lowest BCUT2D eigenvalue weighted by Crippen LogP contribution is -2.32. The minimum atomic E-state index is -0.998. The van der Waals surface area contributed by atoms with E-state index in [1.54, 1.807) is 12.5 Å². The summed E-state index contributed by atoms with van der Waals surface area (Å²) in [7, 11) is 0. The molecule has 1 aromatic heterocycles. The summed E-state index contributed by atoms with van der Waals surface area (Å²) in [4.78, 5) is 14.9. The normalized spacial score (nSPS) is 12.1. The van der Waals surface area contributed by atoms with Crippen molar-refractivity contribution in [1.82, 2.24) is 9.55 Å². The number of aliphatic carboxylic acids is 1. The van der Waals surface area contributed by atoms with Crippen molar-refractivity contribution in [3.8, 4) is 5.75 Å². The molecule has 6 nitrogen and oxygen atoms in total. The quantitative estimate of drug-likeness (QED) is 0.774. The summed E-state index contributed by atoms with van der Waals surface area (Å²) >= 11 is 0. The highest BCUT2D eigenvalue weighted by atomic mass is 16.5. The smallest absolute Gasteiger partial charge is 0.320 e. The molecule has 118 valence electrons. The molecule has 0 bridgehead atoms. The summed E-state index contributed by atoms with van der Waals surface area (Å²) in [5.41, 5.74) is 7.48. The highest BCUT2D eigenvalue weighted by molar-refractivity contribution is 5.73. The summed E-state index contributed by atoms with van der Waals surface area (Å²) in [5.74, 6) is -0.189. The highest BCUT2D eigenvalue weighted by Crippen LogP contribution is 2.22. The van der Waals surface area contributed by atoms with Crippen molar-refractivity contribution in [3.05, 3.63) is 48.0 Å². The van der Waals surface area contributed by atoms with E-state index in [0.717, 1.165) is 23.3 Å². The van der Waals surface area contributed by atoms with Crippen molar-refractivity contribution in [2.24, 2.45) is 5.73 Å². The predicted octanol–water partition coefficient (Wildman–Crippen LogP) is 1.67. The number of carboxylic acid groups (broad SMARTS) is 1. The van der Waals surface area contributed by atoms with Crippen LogP contribution in [0.2, 0.25) is 0 Å². The van der Waals surface area contributed by atoms with E-state index in [-0.39, 0.29) is 0 Å². The Hall–Kier alpha value is -2.34. The van der Waals surface area contributed by atoms with Crippen LogP contribution in [-0.4, -0.2) is 33.3 Å². The van der Waals surface area contributed by atoms with Crippen molar-refractivity contribution in [1.29, 1.82) is 0 Å². The first kappa shape index (κ1) is 16.0. The molecule has 0 aliphatic carbocycles. The number of benzene rings is 1. The third-order valence-corrected chi connectivity index (χ3v) is 3.27. The molecule has 2 aromatic rings. The Labute approximate surface area is 129 Å². The van der Waals surface area contributed by atoms with Crippen molar-refractivity contribution < 1.29 is 14.6 Å². The molecule has 1 atom stereocenters. The summed E-state index contributed by atoms with van der Waals surface area (Å²) in [5, 5.41) is 8.93. The summed E-state index contributed by atoms with van der Waals surface area (Å²) in [6.45, 7) is 3.32. The number of hydrogen-bond acceptors (Lipinski definition) is 4. The molecule has 0 aliphatic heterocycles. The van der Waals surface area contributed by atoms with Crippen LogP contribution in [0, 0.1) is 0 Å². The molecule has 22 heavy (non-hydrogen) atoms. The SMILES string of the molecule is CCCOc1ccc(CC(N)C(=O)O)cc1Cn1ccnc1. The summed E-state index contributed by atoms with van der Waals surface area (Å²) in [6.07, 6.45) is 6.55. The second-order valence-corrected chi connectivity index (χ2v) is 5.17. The Morgan fingerprint density at radius 2 is 2.32 bits per heavy atom. The van der Waals surface area contributed by atoms with E-state index in [9.17, 15) is 4.79 Å². The maximum Gasteiger partial charge on any atom is 0.320 e. The molecule has 0 aliphatic rings. The van der Waals surface area contributed by atoms with Crippen LogP contribution in [0.4, 0.5) is 0 Å². The second kappa shape index (κ2) is 7.61. The van der Waals surface area contributed by atoms with Gasteiger partial charge < -0.3 is 20.1 Å². The summed E-state index contributed by atoms with van der Waals surface area (Å²) in [6, 6.07) is 4.80. The average Bonchev–Trinajstić information content (AvgIpc) is 2.99. The van der Waals surface area contributed by atoms with E-state index >= 15 is 0 Å². The van der Waals surface area contributed by atoms with Gasteiger partial charge in [0, 0.05) is 18.0 Å². The molecule has 0 spiro atoms. The predicted molar refractivity (Wildman–Crippen MR) is 82.9 cm³/mol. The number of carboxylic acids is 1. The van der Waals surface area contributed by atoms with Gasteiger partial charge in [0.25, 0.3) is 0 Å². The minimum absolute atomic E-state index is 0.292. The van der Waals surface area contributed by atoms with E-state index in [1.807, 2.05) is 29.0 Å². The van der Waals surface area contributed by atoms with Gasteiger partial charge in [0.2, 0.25) is 0 Å². The van der Waals surface area contributed by atoms with Crippen molar-refractivity contribution in [3.63, 3.8) is 0 Å². The van der Waals surface area contributed by atoms with E-state index in [0.29, 0.717) is 19.6 Å². The summed E-state index contributed by atoms with van der Waals surface area (Å²) < 4.78 is 7.70. The van der Waals surface area contributed by atoms with E-state index in [4.69, 9.17) is 15.6 Å². The fourth-order valence-corrected chi connectivity index (χ4v) is 2.15. The van der Waals surface area contributed by atoms with Gasteiger partial charge >= 0.3 is 5.97 Å². The van der Waals surface area contributed by atoms with Gasteiger partial charge in [0.15, 0.2) is 0 Å². The third kappa shape index (κ3) is 4.33. The van der Waals surface area contributed by atoms with E-state index in [2.05, 4.69) is 11.9 Å². The first-order chi connectivity index (χ1) is 10.6. The second-order valence-electron chi connectivity index (χ2n) is 5.17. The molecule has 0 saturated heterocycles. The molecule has 0 fully saturated rings. The number of nitrogens with two attached hydrogens (primary N) is 1. The topological polar surface area (TPSA) is 90.4 Å². The van der Waals surface area contributed by atoms with Gasteiger partial charge in [-0.2, -0.15) is 0 Å². The lowest BCUT2D eigenvalue weighted by Gasteiger charge is -2.14. The maximum absolute atomic E-state index is 10.9. The number of rotatable bonds is 8. The Balaban J connectivity index is 2.21. The minimum Gasteiger partial charge on any atom is -0.493 e. The fraction of sp³-hybridized carbons (Fsp3) is 0.375. The number of imidazole rings is 1. The van der Waals surface area contributed by atoms with Gasteiger partial charge in [0.05, 0.1) is 19.5 Å². The average molecular weight is 303 g/mol. The molecule has 0 saturated carbocycles. The maximum atomic E-state index is 10.9. The van der Waals surface area contributed by atoms with Crippen molar-refractivity contribution in [2.45, 2.75) is 32.4 Å². The Kier molecular flexibility index (Phi) is 5.55. The first-order valence-electron chi connectivity index (χ1n) is 7.29. The zero-order chi connectivity index (χ0) is 15.9. The Morgan fingerprint density at radius 3 is 2.95 bits per heavy atom. The van der Waals surface area contributed by atoms with Gasteiger partial charge in [-0.1, -0.05) is 19.1 Å².